The molecule has 0 saturated carbocycles. The zero-order valence-corrected chi connectivity index (χ0v) is 12.5. The summed E-state index contributed by atoms with van der Waals surface area (Å²) in [5.41, 5.74) is 0. The topological polar surface area (TPSA) is 58.6 Å². The molecule has 1 atom stereocenters. The highest BCUT2D eigenvalue weighted by Crippen LogP contribution is 2.15. The van der Waals surface area contributed by atoms with Crippen molar-refractivity contribution in [3.63, 3.8) is 0 Å². The Morgan fingerprint density at radius 1 is 1.25 bits per heavy atom. The molecule has 0 aromatic carbocycles. The first-order chi connectivity index (χ1) is 9.70. The lowest BCUT2D eigenvalue weighted by atomic mass is 10.0. The van der Waals surface area contributed by atoms with Gasteiger partial charge in [0.1, 0.15) is 6.10 Å². The summed E-state index contributed by atoms with van der Waals surface area (Å²) in [7, 11) is 0. The van der Waals surface area contributed by atoms with Gasteiger partial charge in [-0.2, -0.15) is 0 Å². The third kappa shape index (κ3) is 4.35. The molecule has 0 radical (unpaired) electrons. The Kier molecular flexibility index (Phi) is 6.10. The Balaban J connectivity index is 1.68. The van der Waals surface area contributed by atoms with Crippen molar-refractivity contribution in [2.24, 2.45) is 0 Å². The molecular formula is C14H23ClN2O3. The van der Waals surface area contributed by atoms with Gasteiger partial charge in [-0.15, -0.1) is 11.6 Å². The zero-order valence-electron chi connectivity index (χ0n) is 11.8. The number of rotatable bonds is 5. The molecule has 2 fully saturated rings. The van der Waals surface area contributed by atoms with Crippen LogP contribution in [0.5, 0.6) is 0 Å². The molecule has 1 N–H and O–H groups in total. The Labute approximate surface area is 125 Å². The Bertz CT molecular complexity index is 337. The van der Waals surface area contributed by atoms with Gasteiger partial charge in [0.05, 0.1) is 0 Å². The predicted octanol–water partition coefficient (Wildman–Crippen LogP) is 1.29. The molecule has 20 heavy (non-hydrogen) atoms. The number of likely N-dealkylation sites (tertiary alicyclic amines) is 1. The largest absolute Gasteiger partial charge is 0.368 e. The standard InChI is InChI=1S/C14H23ClN2O3/c15-7-1-4-13(18)17-8-5-11(6-9-17)16-14(19)12-3-2-10-20-12/h11-12H,1-10H2,(H,16,19). The molecule has 1 unspecified atom stereocenters. The number of halogens is 1. The first-order valence-corrected chi connectivity index (χ1v) is 8.00. The Hall–Kier alpha value is -0.810. The second-order valence-electron chi connectivity index (χ2n) is 5.46. The zero-order chi connectivity index (χ0) is 14.4. The average Bonchev–Trinajstić information content (AvgIpc) is 3.00. The molecular weight excluding hydrogens is 280 g/mol. The summed E-state index contributed by atoms with van der Waals surface area (Å²) in [5.74, 6) is 0.712. The fourth-order valence-electron chi connectivity index (χ4n) is 2.73. The van der Waals surface area contributed by atoms with Crippen LogP contribution in [0, 0.1) is 0 Å². The first kappa shape index (κ1) is 15.6. The molecule has 2 saturated heterocycles. The number of carbonyl (C=O) groups is 2. The van der Waals surface area contributed by atoms with Crippen molar-refractivity contribution in [2.75, 3.05) is 25.6 Å². The molecule has 0 spiro atoms. The van der Waals surface area contributed by atoms with Gasteiger partial charge in [0.25, 0.3) is 0 Å². The summed E-state index contributed by atoms with van der Waals surface area (Å²) in [6.45, 7) is 2.13. The third-order valence-corrected chi connectivity index (χ3v) is 4.21. The third-order valence-electron chi connectivity index (χ3n) is 3.94. The SMILES string of the molecule is O=C(NC1CCN(C(=O)CCCCl)CC1)C1CCCO1. The smallest absolute Gasteiger partial charge is 0.249 e. The molecule has 5 nitrogen and oxygen atoms in total. The van der Waals surface area contributed by atoms with Crippen molar-refractivity contribution in [3.8, 4) is 0 Å². The number of nitrogens with zero attached hydrogens (tertiary/aromatic N) is 1. The molecule has 0 aromatic rings. The van der Waals surface area contributed by atoms with Gasteiger partial charge in [0.2, 0.25) is 11.8 Å². The second-order valence-corrected chi connectivity index (χ2v) is 5.84. The highest BCUT2D eigenvalue weighted by molar-refractivity contribution is 6.17. The van der Waals surface area contributed by atoms with Crippen molar-refractivity contribution >= 4 is 23.4 Å². The summed E-state index contributed by atoms with van der Waals surface area (Å²) in [5, 5.41) is 3.04. The van der Waals surface area contributed by atoms with Crippen LogP contribution in [0.3, 0.4) is 0 Å². The van der Waals surface area contributed by atoms with Gasteiger partial charge in [-0.05, 0) is 32.1 Å². The molecule has 2 aliphatic rings. The van der Waals surface area contributed by atoms with Crippen molar-refractivity contribution < 1.29 is 14.3 Å². The van der Waals surface area contributed by atoms with E-state index in [9.17, 15) is 9.59 Å². The van der Waals surface area contributed by atoms with E-state index >= 15 is 0 Å². The lowest BCUT2D eigenvalue weighted by molar-refractivity contribution is -0.133. The van der Waals surface area contributed by atoms with Crippen LogP contribution in [0.1, 0.15) is 38.5 Å². The minimum absolute atomic E-state index is 0.00872. The van der Waals surface area contributed by atoms with Crippen molar-refractivity contribution in [1.29, 1.82) is 0 Å². The highest BCUT2D eigenvalue weighted by Gasteiger charge is 2.28. The number of piperidine rings is 1. The van der Waals surface area contributed by atoms with E-state index in [0.717, 1.165) is 45.2 Å². The number of nitrogens with one attached hydrogen (secondary N) is 1. The maximum atomic E-state index is 11.9. The molecule has 0 aromatic heterocycles. The van der Waals surface area contributed by atoms with E-state index in [4.69, 9.17) is 16.3 Å². The number of hydrogen-bond donors (Lipinski definition) is 1. The van der Waals surface area contributed by atoms with Gasteiger partial charge >= 0.3 is 0 Å². The lowest BCUT2D eigenvalue weighted by Gasteiger charge is -2.32. The van der Waals surface area contributed by atoms with E-state index in [2.05, 4.69) is 5.32 Å². The highest BCUT2D eigenvalue weighted by atomic mass is 35.5. The van der Waals surface area contributed by atoms with Gasteiger partial charge in [0, 0.05) is 38.0 Å². The number of hydrogen-bond acceptors (Lipinski definition) is 3. The molecule has 114 valence electrons. The van der Waals surface area contributed by atoms with Gasteiger partial charge in [0.15, 0.2) is 0 Å². The van der Waals surface area contributed by atoms with Crippen molar-refractivity contribution in [1.82, 2.24) is 10.2 Å². The minimum Gasteiger partial charge on any atom is -0.368 e. The first-order valence-electron chi connectivity index (χ1n) is 7.46. The van der Waals surface area contributed by atoms with Crippen molar-refractivity contribution in [2.45, 2.75) is 50.7 Å². The number of ether oxygens (including phenoxy) is 1. The maximum Gasteiger partial charge on any atom is 0.249 e. The van der Waals surface area contributed by atoms with E-state index in [1.165, 1.54) is 0 Å². The summed E-state index contributed by atoms with van der Waals surface area (Å²) in [4.78, 5) is 25.7. The molecule has 2 heterocycles. The van der Waals surface area contributed by atoms with Gasteiger partial charge < -0.3 is 15.0 Å². The monoisotopic (exact) mass is 302 g/mol. The van der Waals surface area contributed by atoms with Crippen LogP contribution in [0.2, 0.25) is 0 Å². The molecule has 0 bridgehead atoms. The summed E-state index contributed by atoms with van der Waals surface area (Å²) >= 11 is 5.60. The molecule has 2 rings (SSSR count). The van der Waals surface area contributed by atoms with Crippen LogP contribution in [-0.2, 0) is 14.3 Å². The quantitative estimate of drug-likeness (QED) is 0.779. The van der Waals surface area contributed by atoms with E-state index in [0.29, 0.717) is 18.9 Å². The van der Waals surface area contributed by atoms with Crippen LogP contribution >= 0.6 is 11.6 Å². The van der Waals surface area contributed by atoms with Gasteiger partial charge in [-0.1, -0.05) is 0 Å². The van der Waals surface area contributed by atoms with Crippen molar-refractivity contribution in [3.05, 3.63) is 0 Å². The van der Waals surface area contributed by atoms with Crippen LogP contribution < -0.4 is 5.32 Å². The normalized spacial score (nSPS) is 23.9. The summed E-state index contributed by atoms with van der Waals surface area (Å²) in [6, 6.07) is 0.170. The summed E-state index contributed by atoms with van der Waals surface area (Å²) in [6.07, 6.45) is 4.42. The second kappa shape index (κ2) is 7.84. The minimum atomic E-state index is -0.265. The van der Waals surface area contributed by atoms with Crippen LogP contribution in [0.25, 0.3) is 0 Å². The van der Waals surface area contributed by atoms with Crippen LogP contribution in [0.15, 0.2) is 0 Å². The Morgan fingerprint density at radius 2 is 2.00 bits per heavy atom. The molecule has 6 heteroatoms. The van der Waals surface area contributed by atoms with Gasteiger partial charge in [-0.3, -0.25) is 9.59 Å². The van der Waals surface area contributed by atoms with E-state index < -0.39 is 0 Å². The maximum absolute atomic E-state index is 11.9. The fourth-order valence-corrected chi connectivity index (χ4v) is 2.86. The van der Waals surface area contributed by atoms with Crippen LogP contribution in [-0.4, -0.2) is 54.4 Å². The lowest BCUT2D eigenvalue weighted by Crippen LogP contribution is -2.48. The number of alkyl halides is 1. The van der Waals surface area contributed by atoms with Crippen LogP contribution in [0.4, 0.5) is 0 Å². The van der Waals surface area contributed by atoms with E-state index in [-0.39, 0.29) is 24.0 Å². The predicted molar refractivity (Wildman–Crippen MR) is 76.7 cm³/mol. The van der Waals surface area contributed by atoms with E-state index in [1.807, 2.05) is 4.90 Å². The van der Waals surface area contributed by atoms with Gasteiger partial charge in [-0.25, -0.2) is 0 Å². The average molecular weight is 303 g/mol. The summed E-state index contributed by atoms with van der Waals surface area (Å²) < 4.78 is 5.37. The molecule has 2 amide bonds. The Morgan fingerprint density at radius 3 is 2.60 bits per heavy atom. The number of amides is 2. The number of carbonyl (C=O) groups excluding carboxylic acids is 2. The van der Waals surface area contributed by atoms with E-state index in [1.54, 1.807) is 0 Å². The molecule has 2 aliphatic heterocycles. The fraction of sp³-hybridized carbons (Fsp3) is 0.857. The molecule has 0 aliphatic carbocycles.